The molecule has 5 rings (SSSR count). The van der Waals surface area contributed by atoms with Gasteiger partial charge in [0.15, 0.2) is 17.9 Å². The van der Waals surface area contributed by atoms with Crippen LogP contribution in [0.3, 0.4) is 0 Å². The van der Waals surface area contributed by atoms with Crippen LogP contribution in [-0.4, -0.2) is 25.7 Å². The third-order valence-corrected chi connectivity index (χ3v) is 9.03. The van der Waals surface area contributed by atoms with Crippen LogP contribution in [-0.2, 0) is 9.47 Å². The Morgan fingerprint density at radius 2 is 1.30 bits per heavy atom. The number of alkyl halides is 5. The summed E-state index contributed by atoms with van der Waals surface area (Å²) in [7, 11) is 0. The van der Waals surface area contributed by atoms with E-state index in [1.54, 1.807) is 12.1 Å². The van der Waals surface area contributed by atoms with E-state index in [-0.39, 0.29) is 43.7 Å². The summed E-state index contributed by atoms with van der Waals surface area (Å²) in [6, 6.07) is 5.13. The lowest BCUT2D eigenvalue weighted by Crippen LogP contribution is -2.37. The average molecular weight is 623 g/mol. The second kappa shape index (κ2) is 12.8. The Kier molecular flexibility index (Phi) is 9.46. The highest BCUT2D eigenvalue weighted by atomic mass is 19.4. The van der Waals surface area contributed by atoms with E-state index in [2.05, 4.69) is 16.4 Å². The molecule has 1 saturated heterocycles. The smallest absolute Gasteiger partial charge is 0.432 e. The molecule has 0 N–H and O–H groups in total. The van der Waals surface area contributed by atoms with E-state index in [9.17, 15) is 30.7 Å². The first-order chi connectivity index (χ1) is 20.3. The molecule has 3 fully saturated rings. The van der Waals surface area contributed by atoms with Gasteiger partial charge in [-0.1, -0.05) is 31.9 Å². The summed E-state index contributed by atoms with van der Waals surface area (Å²) in [5.41, 5.74) is 0.942. The van der Waals surface area contributed by atoms with Crippen LogP contribution >= 0.6 is 0 Å². The van der Waals surface area contributed by atoms with E-state index in [4.69, 9.17) is 9.47 Å². The zero-order valence-corrected chi connectivity index (χ0v) is 23.6. The molecule has 2 saturated carbocycles. The number of ether oxygens (including phenoxy) is 4. The Morgan fingerprint density at radius 3 is 1.86 bits per heavy atom. The Hall–Kier alpha value is -2.60. The van der Waals surface area contributed by atoms with Crippen molar-refractivity contribution in [3.8, 4) is 11.5 Å². The molecule has 2 aromatic carbocycles. The first kappa shape index (κ1) is 31.8. The van der Waals surface area contributed by atoms with Crippen molar-refractivity contribution >= 4 is 0 Å². The molecule has 0 aromatic heterocycles. The van der Waals surface area contributed by atoms with E-state index >= 15 is 4.39 Å². The SMILES string of the molecule is CC1CCC(C2COC(c3ccc(C4CCC(C(F)(F)Oc5cc(F)c(OC(F)(F)F)c(F)c5)CC4)c(F)c3)OC2)CC1. The van der Waals surface area contributed by atoms with Gasteiger partial charge in [0.05, 0.1) is 19.1 Å². The van der Waals surface area contributed by atoms with E-state index in [1.165, 1.54) is 18.9 Å². The number of halogens is 8. The average Bonchev–Trinajstić information content (AvgIpc) is 2.95. The fraction of sp³-hybridized carbons (Fsp3) is 0.613. The lowest BCUT2D eigenvalue weighted by molar-refractivity contribution is -0.276. The fourth-order valence-electron chi connectivity index (χ4n) is 6.55. The highest BCUT2D eigenvalue weighted by Gasteiger charge is 2.45. The summed E-state index contributed by atoms with van der Waals surface area (Å²) in [6.07, 6.45) is -4.90. The minimum Gasteiger partial charge on any atom is -0.432 e. The number of hydrogen-bond donors (Lipinski definition) is 0. The quantitative estimate of drug-likeness (QED) is 0.289. The maximum atomic E-state index is 15.2. The zero-order chi connectivity index (χ0) is 30.9. The number of benzene rings is 2. The molecule has 0 bridgehead atoms. The Labute approximate surface area is 244 Å². The minimum absolute atomic E-state index is 0.0741. The molecular weight excluding hydrogens is 588 g/mol. The minimum atomic E-state index is -5.37. The summed E-state index contributed by atoms with van der Waals surface area (Å²) >= 11 is 0. The molecule has 0 spiro atoms. The van der Waals surface area contributed by atoms with Gasteiger partial charge in [-0.15, -0.1) is 13.2 Å². The Balaban J connectivity index is 1.14. The van der Waals surface area contributed by atoms with Gasteiger partial charge in [-0.05, 0) is 67.9 Å². The van der Waals surface area contributed by atoms with Crippen molar-refractivity contribution in [2.45, 2.75) is 83.0 Å². The van der Waals surface area contributed by atoms with Gasteiger partial charge < -0.3 is 18.9 Å². The molecule has 2 aliphatic carbocycles. The third-order valence-electron chi connectivity index (χ3n) is 9.03. The topological polar surface area (TPSA) is 36.9 Å². The van der Waals surface area contributed by atoms with Crippen molar-refractivity contribution in [3.63, 3.8) is 0 Å². The molecule has 4 nitrogen and oxygen atoms in total. The first-order valence-electron chi connectivity index (χ1n) is 14.6. The molecule has 0 atom stereocenters. The van der Waals surface area contributed by atoms with Gasteiger partial charge in [-0.3, -0.25) is 0 Å². The molecule has 3 aliphatic rings. The molecule has 238 valence electrons. The third kappa shape index (κ3) is 7.74. The maximum absolute atomic E-state index is 15.2. The van der Waals surface area contributed by atoms with Crippen LogP contribution in [0.4, 0.5) is 35.1 Å². The van der Waals surface area contributed by atoms with Crippen molar-refractivity contribution in [3.05, 3.63) is 58.9 Å². The summed E-state index contributed by atoms with van der Waals surface area (Å²) in [5.74, 6) is -6.94. The van der Waals surface area contributed by atoms with Crippen LogP contribution in [0.2, 0.25) is 0 Å². The summed E-state index contributed by atoms with van der Waals surface area (Å²) < 4.78 is 130. The molecular formula is C31H34F8O4. The molecule has 0 amide bonds. The lowest BCUT2D eigenvalue weighted by Gasteiger charge is -2.37. The van der Waals surface area contributed by atoms with Crippen LogP contribution in [0, 0.1) is 41.1 Å². The van der Waals surface area contributed by atoms with Crippen molar-refractivity contribution in [2.24, 2.45) is 23.7 Å². The maximum Gasteiger partial charge on any atom is 0.573 e. The fourth-order valence-corrected chi connectivity index (χ4v) is 6.55. The summed E-state index contributed by atoms with van der Waals surface area (Å²) in [5, 5.41) is 0. The number of hydrogen-bond acceptors (Lipinski definition) is 4. The van der Waals surface area contributed by atoms with Gasteiger partial charge in [0.2, 0.25) is 5.75 Å². The summed E-state index contributed by atoms with van der Waals surface area (Å²) in [4.78, 5) is 0. The van der Waals surface area contributed by atoms with Crippen molar-refractivity contribution in [1.82, 2.24) is 0 Å². The van der Waals surface area contributed by atoms with E-state index in [0.717, 1.165) is 18.8 Å². The monoisotopic (exact) mass is 622 g/mol. The van der Waals surface area contributed by atoms with Crippen molar-refractivity contribution in [2.75, 3.05) is 13.2 Å². The molecule has 1 aliphatic heterocycles. The van der Waals surface area contributed by atoms with Crippen molar-refractivity contribution in [1.29, 1.82) is 0 Å². The van der Waals surface area contributed by atoms with Gasteiger partial charge in [0, 0.05) is 23.6 Å². The number of rotatable bonds is 7. The van der Waals surface area contributed by atoms with Gasteiger partial charge in [0.1, 0.15) is 11.6 Å². The standard InChI is InChI=1S/C31H34F8O4/c1-17-2-4-18(5-3-17)21-15-40-29(41-16-21)20-8-11-24(25(32)12-20)19-6-9-22(10-7-19)30(35,36)42-23-13-26(33)28(27(34)14-23)43-31(37,38)39/h8,11-14,17-19,21-22,29H,2-7,9-10,15-16H2,1H3. The van der Waals surface area contributed by atoms with Gasteiger partial charge in [0.25, 0.3) is 0 Å². The van der Waals surface area contributed by atoms with Crippen LogP contribution < -0.4 is 9.47 Å². The predicted octanol–water partition coefficient (Wildman–Crippen LogP) is 9.44. The molecule has 1 heterocycles. The highest BCUT2D eigenvalue weighted by Crippen LogP contribution is 2.45. The Morgan fingerprint density at radius 1 is 0.698 bits per heavy atom. The lowest BCUT2D eigenvalue weighted by atomic mass is 9.76. The van der Waals surface area contributed by atoms with Crippen LogP contribution in [0.15, 0.2) is 30.3 Å². The van der Waals surface area contributed by atoms with Crippen LogP contribution in [0.1, 0.15) is 81.6 Å². The summed E-state index contributed by atoms with van der Waals surface area (Å²) in [6.45, 7) is 3.38. The normalized spacial score (nSPS) is 28.9. The molecule has 43 heavy (non-hydrogen) atoms. The van der Waals surface area contributed by atoms with Gasteiger partial charge in [-0.25, -0.2) is 13.2 Å². The van der Waals surface area contributed by atoms with E-state index < -0.39 is 53.6 Å². The first-order valence-corrected chi connectivity index (χ1v) is 14.6. The molecule has 2 aromatic rings. The Bertz CT molecular complexity index is 1220. The van der Waals surface area contributed by atoms with Gasteiger partial charge >= 0.3 is 12.5 Å². The molecule has 12 heteroatoms. The molecule has 0 unspecified atom stereocenters. The highest BCUT2D eigenvalue weighted by molar-refractivity contribution is 5.35. The van der Waals surface area contributed by atoms with Crippen LogP contribution in [0.25, 0.3) is 0 Å². The zero-order valence-electron chi connectivity index (χ0n) is 23.6. The second-order valence-electron chi connectivity index (χ2n) is 12.0. The second-order valence-corrected chi connectivity index (χ2v) is 12.0. The van der Waals surface area contributed by atoms with Gasteiger partial charge in [-0.2, -0.15) is 8.78 Å². The van der Waals surface area contributed by atoms with Crippen molar-refractivity contribution < 1.29 is 54.1 Å². The van der Waals surface area contributed by atoms with E-state index in [0.29, 0.717) is 36.2 Å². The van der Waals surface area contributed by atoms with E-state index in [1.807, 2.05) is 0 Å². The predicted molar refractivity (Wildman–Crippen MR) is 139 cm³/mol. The largest absolute Gasteiger partial charge is 0.573 e. The molecule has 0 radical (unpaired) electrons. The van der Waals surface area contributed by atoms with Crippen LogP contribution in [0.5, 0.6) is 11.5 Å².